The smallest absolute Gasteiger partial charge is 0.246 e. The molecular formula is C48H57B2NO2. The second-order valence-corrected chi connectivity index (χ2v) is 15.3. The zero-order valence-electron chi connectivity index (χ0n) is 32.2. The van der Waals surface area contributed by atoms with E-state index < -0.39 is 0 Å². The number of unbranched alkanes of at least 4 members (excludes halogenated alkanes) is 10. The zero-order valence-corrected chi connectivity index (χ0v) is 32.2. The Labute approximate surface area is 320 Å². The molecule has 0 amide bonds. The first-order chi connectivity index (χ1) is 26.3. The van der Waals surface area contributed by atoms with Crippen LogP contribution in [0.15, 0.2) is 115 Å². The van der Waals surface area contributed by atoms with E-state index in [-0.39, 0.29) is 13.4 Å². The Morgan fingerprint density at radius 1 is 0.415 bits per heavy atom. The van der Waals surface area contributed by atoms with Gasteiger partial charge in [-0.1, -0.05) is 165 Å². The average Bonchev–Trinajstić information content (AvgIpc) is 3.20. The van der Waals surface area contributed by atoms with Gasteiger partial charge in [0.25, 0.3) is 0 Å². The van der Waals surface area contributed by atoms with E-state index >= 15 is 0 Å². The van der Waals surface area contributed by atoms with Gasteiger partial charge in [0, 0.05) is 44.5 Å². The first-order valence-electron chi connectivity index (χ1n) is 20.5. The lowest BCUT2D eigenvalue weighted by atomic mass is 9.30. The van der Waals surface area contributed by atoms with E-state index in [4.69, 9.17) is 9.47 Å². The molecule has 0 aromatic heterocycles. The second-order valence-electron chi connectivity index (χ2n) is 15.3. The molecule has 2 aliphatic heterocycles. The van der Waals surface area contributed by atoms with Crippen LogP contribution in [0.1, 0.15) is 88.2 Å². The monoisotopic (exact) mass is 701 g/mol. The highest BCUT2D eigenvalue weighted by Crippen LogP contribution is 2.38. The van der Waals surface area contributed by atoms with Gasteiger partial charge in [0.15, 0.2) is 0 Å². The van der Waals surface area contributed by atoms with E-state index in [1.165, 1.54) is 138 Å². The number of methoxy groups -OCH3 is 2. The molecule has 0 saturated heterocycles. The van der Waals surface area contributed by atoms with Crippen LogP contribution >= 0.6 is 0 Å². The summed E-state index contributed by atoms with van der Waals surface area (Å²) in [4.78, 5) is 2.63. The van der Waals surface area contributed by atoms with Crippen molar-refractivity contribution < 1.29 is 9.47 Å². The van der Waals surface area contributed by atoms with Crippen molar-refractivity contribution in [1.29, 1.82) is 0 Å². The molecule has 2 heterocycles. The lowest BCUT2D eigenvalue weighted by Gasteiger charge is -2.44. The van der Waals surface area contributed by atoms with Crippen LogP contribution in [0, 0.1) is 0 Å². The summed E-state index contributed by atoms with van der Waals surface area (Å²) < 4.78 is 10.5. The van der Waals surface area contributed by atoms with E-state index in [1.807, 2.05) is 0 Å². The minimum Gasteiger partial charge on any atom is -0.385 e. The molecule has 0 N–H and O–H groups in total. The van der Waals surface area contributed by atoms with Gasteiger partial charge in [0.1, 0.15) is 0 Å². The molecule has 0 radical (unpaired) electrons. The van der Waals surface area contributed by atoms with Crippen LogP contribution in [0.3, 0.4) is 0 Å². The van der Waals surface area contributed by atoms with E-state index in [0.717, 1.165) is 26.1 Å². The number of para-hydroxylation sites is 1. The standard InChI is InChI=1S/C48H57B2NO2/c1-52-33-21-9-5-3-7-13-23-38-31-32-47-43(35-38)50(41-27-17-12-18-28-41)45-37-39(24-14-8-4-6-10-22-34-53-2)36-44-48(45)51(47)46-30-20-19-29-42(46)49(44)40-25-15-11-16-26-40/h11-12,15-20,25-32,35-37H,3-10,13-14,21-24,33-34H2,1-2H3. The molecule has 5 heteroatoms. The maximum absolute atomic E-state index is 5.27. The number of rotatable bonds is 20. The van der Waals surface area contributed by atoms with Crippen LogP contribution in [-0.4, -0.2) is 40.9 Å². The molecule has 0 bridgehead atoms. The fourth-order valence-corrected chi connectivity index (χ4v) is 9.00. The maximum atomic E-state index is 5.27. The van der Waals surface area contributed by atoms with Crippen LogP contribution in [0.4, 0.5) is 17.1 Å². The summed E-state index contributed by atoms with van der Waals surface area (Å²) in [6.45, 7) is 2.13. The lowest BCUT2D eigenvalue weighted by Crippen LogP contribution is -2.65. The van der Waals surface area contributed by atoms with Gasteiger partial charge >= 0.3 is 0 Å². The quantitative estimate of drug-likeness (QED) is 0.0597. The van der Waals surface area contributed by atoms with Crippen LogP contribution in [0.2, 0.25) is 0 Å². The van der Waals surface area contributed by atoms with Gasteiger partial charge in [-0.05, 0) is 83.6 Å². The largest absolute Gasteiger partial charge is 0.385 e. The Balaban J connectivity index is 1.27. The molecule has 53 heavy (non-hydrogen) atoms. The minimum atomic E-state index is 0.180. The molecule has 0 saturated carbocycles. The maximum Gasteiger partial charge on any atom is 0.246 e. The molecule has 7 rings (SSSR count). The van der Waals surface area contributed by atoms with Gasteiger partial charge in [0.2, 0.25) is 13.4 Å². The molecule has 0 unspecified atom stereocenters. The number of hydrogen-bond donors (Lipinski definition) is 0. The first-order valence-corrected chi connectivity index (χ1v) is 20.5. The summed E-state index contributed by atoms with van der Waals surface area (Å²) in [5, 5.41) is 0. The molecule has 5 aromatic carbocycles. The molecular weight excluding hydrogens is 644 g/mol. The van der Waals surface area contributed by atoms with Crippen molar-refractivity contribution in [3.8, 4) is 0 Å². The normalized spacial score (nSPS) is 12.8. The van der Waals surface area contributed by atoms with Crippen molar-refractivity contribution >= 4 is 63.3 Å². The van der Waals surface area contributed by atoms with Crippen LogP contribution in [0.25, 0.3) is 0 Å². The van der Waals surface area contributed by atoms with Crippen LogP contribution < -0.4 is 37.7 Å². The summed E-state index contributed by atoms with van der Waals surface area (Å²) >= 11 is 0. The number of nitrogens with zero attached hydrogens (tertiary/aromatic N) is 1. The van der Waals surface area contributed by atoms with E-state index in [2.05, 4.69) is 120 Å². The van der Waals surface area contributed by atoms with Crippen molar-refractivity contribution in [1.82, 2.24) is 0 Å². The summed E-state index contributed by atoms with van der Waals surface area (Å²) in [6, 6.07) is 44.3. The Morgan fingerprint density at radius 2 is 0.868 bits per heavy atom. The Bertz CT molecular complexity index is 1900. The lowest BCUT2D eigenvalue weighted by molar-refractivity contribution is 0.192. The van der Waals surface area contributed by atoms with Gasteiger partial charge in [-0.15, -0.1) is 0 Å². The molecule has 272 valence electrons. The third kappa shape index (κ3) is 8.69. The molecule has 3 nitrogen and oxygen atoms in total. The third-order valence-corrected chi connectivity index (χ3v) is 11.6. The van der Waals surface area contributed by atoms with E-state index in [1.54, 1.807) is 14.2 Å². The molecule has 0 spiro atoms. The van der Waals surface area contributed by atoms with Gasteiger partial charge in [-0.2, -0.15) is 0 Å². The van der Waals surface area contributed by atoms with Crippen molar-refractivity contribution in [2.24, 2.45) is 0 Å². The number of aryl methyl sites for hydroxylation is 2. The Morgan fingerprint density at radius 3 is 1.45 bits per heavy atom. The fourth-order valence-electron chi connectivity index (χ4n) is 9.00. The number of fused-ring (bicyclic) bond motifs is 4. The zero-order chi connectivity index (χ0) is 36.2. The highest BCUT2D eigenvalue weighted by Gasteiger charge is 2.43. The molecule has 0 aliphatic carbocycles. The molecule has 5 aromatic rings. The van der Waals surface area contributed by atoms with Crippen molar-refractivity contribution in [3.63, 3.8) is 0 Å². The van der Waals surface area contributed by atoms with Gasteiger partial charge in [-0.3, -0.25) is 0 Å². The number of benzene rings is 5. The fraction of sp³-hybridized carbons (Fsp3) is 0.375. The van der Waals surface area contributed by atoms with Gasteiger partial charge in [-0.25, -0.2) is 0 Å². The summed E-state index contributed by atoms with van der Waals surface area (Å²) in [5.41, 5.74) is 15.5. The third-order valence-electron chi connectivity index (χ3n) is 11.6. The van der Waals surface area contributed by atoms with E-state index in [9.17, 15) is 0 Å². The van der Waals surface area contributed by atoms with Crippen molar-refractivity contribution in [2.75, 3.05) is 32.3 Å². The summed E-state index contributed by atoms with van der Waals surface area (Å²) in [6.07, 6.45) is 17.3. The highest BCUT2D eigenvalue weighted by atomic mass is 16.5. The summed E-state index contributed by atoms with van der Waals surface area (Å²) in [7, 11) is 3.61. The number of ether oxygens (including phenoxy) is 2. The van der Waals surface area contributed by atoms with Crippen LogP contribution in [0.5, 0.6) is 0 Å². The minimum absolute atomic E-state index is 0.180. The number of anilines is 3. The molecule has 0 atom stereocenters. The topological polar surface area (TPSA) is 21.7 Å². The van der Waals surface area contributed by atoms with Crippen molar-refractivity contribution in [3.05, 3.63) is 126 Å². The van der Waals surface area contributed by atoms with Gasteiger partial charge in [0.05, 0.1) is 0 Å². The predicted molar refractivity (Wildman–Crippen MR) is 230 cm³/mol. The molecule has 2 aliphatic rings. The van der Waals surface area contributed by atoms with E-state index in [0.29, 0.717) is 0 Å². The average molecular weight is 702 g/mol. The Hall–Kier alpha value is -4.05. The number of hydrogen-bond acceptors (Lipinski definition) is 3. The highest BCUT2D eigenvalue weighted by molar-refractivity contribution is 7.02. The van der Waals surface area contributed by atoms with Crippen LogP contribution in [-0.2, 0) is 22.3 Å². The second kappa shape index (κ2) is 18.8. The molecule has 0 fully saturated rings. The van der Waals surface area contributed by atoms with Gasteiger partial charge < -0.3 is 14.4 Å². The first kappa shape index (κ1) is 37.3. The summed E-state index contributed by atoms with van der Waals surface area (Å²) in [5.74, 6) is 0. The predicted octanol–water partition coefficient (Wildman–Crippen LogP) is 7.87. The SMILES string of the molecule is COCCCCCCCCc1ccc2c(c1)B(c1ccccc1)c1cc(CCCCCCCCOC)cc3c1N2c1ccccc1B3c1ccccc1. The Kier molecular flexibility index (Phi) is 13.2. The van der Waals surface area contributed by atoms with Crippen molar-refractivity contribution in [2.45, 2.75) is 89.9 Å².